The molecule has 0 amide bonds. The zero-order valence-corrected chi connectivity index (χ0v) is 11.1. The van der Waals surface area contributed by atoms with E-state index in [-0.39, 0.29) is 0 Å². The van der Waals surface area contributed by atoms with Gasteiger partial charge in [0.25, 0.3) is 0 Å². The highest BCUT2D eigenvalue weighted by molar-refractivity contribution is 5.47. The van der Waals surface area contributed by atoms with Crippen molar-refractivity contribution in [1.29, 1.82) is 0 Å². The first-order valence-electron chi connectivity index (χ1n) is 6.41. The van der Waals surface area contributed by atoms with Crippen LogP contribution in [0.4, 0.5) is 0 Å². The Kier molecular flexibility index (Phi) is 4.84. The Morgan fingerprint density at radius 2 is 2.17 bits per heavy atom. The van der Waals surface area contributed by atoms with Gasteiger partial charge in [-0.1, -0.05) is 12.1 Å². The molecule has 1 unspecified atom stereocenters. The van der Waals surface area contributed by atoms with E-state index in [1.807, 2.05) is 12.1 Å². The molecule has 1 aliphatic heterocycles. The van der Waals surface area contributed by atoms with E-state index in [9.17, 15) is 0 Å². The van der Waals surface area contributed by atoms with Crippen molar-refractivity contribution < 1.29 is 14.2 Å². The summed E-state index contributed by atoms with van der Waals surface area (Å²) in [5.74, 6) is 1.73. The highest BCUT2D eigenvalue weighted by Crippen LogP contribution is 2.33. The average molecular weight is 251 g/mol. The summed E-state index contributed by atoms with van der Waals surface area (Å²) in [4.78, 5) is 0. The Bertz CT molecular complexity index is 381. The minimum atomic E-state index is 0.317. The molecular weight excluding hydrogens is 230 g/mol. The lowest BCUT2D eigenvalue weighted by molar-refractivity contribution is 0.171. The van der Waals surface area contributed by atoms with E-state index in [0.717, 1.165) is 43.2 Å². The Morgan fingerprint density at radius 3 is 3.00 bits per heavy atom. The average Bonchev–Trinajstić information content (AvgIpc) is 2.62. The molecular formula is C14H21NO3. The number of methoxy groups -OCH3 is 1. The molecule has 1 aromatic carbocycles. The second-order valence-electron chi connectivity index (χ2n) is 4.53. The number of benzene rings is 1. The van der Waals surface area contributed by atoms with E-state index >= 15 is 0 Å². The van der Waals surface area contributed by atoms with Crippen molar-refractivity contribution in [2.75, 3.05) is 26.9 Å². The van der Waals surface area contributed by atoms with Crippen molar-refractivity contribution >= 4 is 0 Å². The summed E-state index contributed by atoms with van der Waals surface area (Å²) in [6.07, 6.45) is 0.932. The predicted octanol–water partition coefficient (Wildman–Crippen LogP) is 1.97. The fraction of sp³-hybridized carbons (Fsp3) is 0.571. The smallest absolute Gasteiger partial charge is 0.165 e. The molecule has 0 bridgehead atoms. The summed E-state index contributed by atoms with van der Waals surface area (Å²) in [6, 6.07) is 6.35. The van der Waals surface area contributed by atoms with Crippen LogP contribution in [0.1, 0.15) is 18.9 Å². The minimum absolute atomic E-state index is 0.317. The van der Waals surface area contributed by atoms with E-state index in [1.165, 1.54) is 0 Å². The third-order valence-electron chi connectivity index (χ3n) is 2.91. The monoisotopic (exact) mass is 251 g/mol. The van der Waals surface area contributed by atoms with Crippen LogP contribution >= 0.6 is 0 Å². The van der Waals surface area contributed by atoms with Crippen LogP contribution in [0.3, 0.4) is 0 Å². The number of hydrogen-bond donors (Lipinski definition) is 1. The van der Waals surface area contributed by atoms with Crippen molar-refractivity contribution in [3.8, 4) is 11.5 Å². The fourth-order valence-electron chi connectivity index (χ4n) is 1.99. The molecule has 0 fully saturated rings. The van der Waals surface area contributed by atoms with Crippen molar-refractivity contribution in [3.63, 3.8) is 0 Å². The van der Waals surface area contributed by atoms with Gasteiger partial charge >= 0.3 is 0 Å². The van der Waals surface area contributed by atoms with Crippen LogP contribution in [0, 0.1) is 0 Å². The van der Waals surface area contributed by atoms with Gasteiger partial charge in [0, 0.05) is 31.7 Å². The molecule has 1 heterocycles. The molecule has 0 saturated carbocycles. The Labute approximate surface area is 108 Å². The zero-order chi connectivity index (χ0) is 12.8. The fourth-order valence-corrected chi connectivity index (χ4v) is 1.99. The molecule has 2 rings (SSSR count). The summed E-state index contributed by atoms with van der Waals surface area (Å²) in [7, 11) is 1.71. The SMILES string of the molecule is COCC(C)NCc1cccc2c1OCCCO2. The quantitative estimate of drug-likeness (QED) is 0.868. The molecule has 0 radical (unpaired) electrons. The maximum atomic E-state index is 5.78. The van der Waals surface area contributed by atoms with Gasteiger partial charge in [-0.25, -0.2) is 0 Å². The summed E-state index contributed by atoms with van der Waals surface area (Å²) < 4.78 is 16.5. The Balaban J connectivity index is 2.04. The molecule has 0 aromatic heterocycles. The zero-order valence-electron chi connectivity index (χ0n) is 11.1. The molecule has 1 aromatic rings. The molecule has 0 aliphatic carbocycles. The van der Waals surface area contributed by atoms with Crippen LogP contribution in [-0.4, -0.2) is 33.0 Å². The normalized spacial score (nSPS) is 16.1. The standard InChI is InChI=1S/C14H21NO3/c1-11(10-16-2)15-9-12-5-3-6-13-14(12)18-8-4-7-17-13/h3,5-6,11,15H,4,7-10H2,1-2H3. The van der Waals surface area contributed by atoms with Gasteiger partial charge in [0.2, 0.25) is 0 Å². The molecule has 0 saturated heterocycles. The number of para-hydroxylation sites is 1. The van der Waals surface area contributed by atoms with Crippen LogP contribution in [0.25, 0.3) is 0 Å². The van der Waals surface area contributed by atoms with Crippen molar-refractivity contribution in [1.82, 2.24) is 5.32 Å². The maximum absolute atomic E-state index is 5.78. The van der Waals surface area contributed by atoms with Gasteiger partial charge in [0.05, 0.1) is 19.8 Å². The van der Waals surface area contributed by atoms with E-state index in [4.69, 9.17) is 14.2 Å². The first kappa shape index (κ1) is 13.2. The van der Waals surface area contributed by atoms with Crippen LogP contribution in [-0.2, 0) is 11.3 Å². The molecule has 1 N–H and O–H groups in total. The van der Waals surface area contributed by atoms with Gasteiger partial charge in [0.15, 0.2) is 11.5 Å². The number of rotatable bonds is 5. The molecule has 1 atom stereocenters. The molecule has 100 valence electrons. The summed E-state index contributed by atoms with van der Waals surface area (Å²) in [5.41, 5.74) is 1.14. The van der Waals surface area contributed by atoms with Gasteiger partial charge in [-0.2, -0.15) is 0 Å². The molecule has 4 heteroatoms. The molecule has 18 heavy (non-hydrogen) atoms. The third-order valence-corrected chi connectivity index (χ3v) is 2.91. The van der Waals surface area contributed by atoms with E-state index in [1.54, 1.807) is 7.11 Å². The first-order valence-corrected chi connectivity index (χ1v) is 6.41. The topological polar surface area (TPSA) is 39.7 Å². The number of ether oxygens (including phenoxy) is 3. The summed E-state index contributed by atoms with van der Waals surface area (Å²) >= 11 is 0. The van der Waals surface area contributed by atoms with E-state index < -0.39 is 0 Å². The Morgan fingerprint density at radius 1 is 1.33 bits per heavy atom. The largest absolute Gasteiger partial charge is 0.490 e. The van der Waals surface area contributed by atoms with E-state index in [0.29, 0.717) is 12.6 Å². The number of nitrogens with one attached hydrogen (secondary N) is 1. The van der Waals surface area contributed by atoms with Gasteiger partial charge < -0.3 is 19.5 Å². The summed E-state index contributed by atoms with van der Waals surface area (Å²) in [6.45, 7) is 5.01. The van der Waals surface area contributed by atoms with E-state index in [2.05, 4.69) is 18.3 Å². The van der Waals surface area contributed by atoms with Crippen LogP contribution < -0.4 is 14.8 Å². The highest BCUT2D eigenvalue weighted by Gasteiger charge is 2.14. The van der Waals surface area contributed by atoms with Crippen LogP contribution in [0.15, 0.2) is 18.2 Å². The van der Waals surface area contributed by atoms with Gasteiger partial charge in [-0.05, 0) is 13.0 Å². The van der Waals surface area contributed by atoms with Crippen LogP contribution in [0.5, 0.6) is 11.5 Å². The van der Waals surface area contributed by atoms with Gasteiger partial charge in [0.1, 0.15) is 0 Å². The lowest BCUT2D eigenvalue weighted by atomic mass is 10.1. The van der Waals surface area contributed by atoms with Crippen molar-refractivity contribution in [3.05, 3.63) is 23.8 Å². The van der Waals surface area contributed by atoms with Crippen molar-refractivity contribution in [2.24, 2.45) is 0 Å². The van der Waals surface area contributed by atoms with Crippen molar-refractivity contribution in [2.45, 2.75) is 25.9 Å². The molecule has 0 spiro atoms. The highest BCUT2D eigenvalue weighted by atomic mass is 16.5. The minimum Gasteiger partial charge on any atom is -0.490 e. The first-order chi connectivity index (χ1) is 8.81. The lowest BCUT2D eigenvalue weighted by Gasteiger charge is -2.16. The second kappa shape index (κ2) is 6.61. The van der Waals surface area contributed by atoms with Gasteiger partial charge in [-0.3, -0.25) is 0 Å². The lowest BCUT2D eigenvalue weighted by Crippen LogP contribution is -2.29. The number of hydrogen-bond acceptors (Lipinski definition) is 4. The summed E-state index contributed by atoms with van der Waals surface area (Å²) in [5, 5.41) is 3.41. The maximum Gasteiger partial charge on any atom is 0.165 e. The number of fused-ring (bicyclic) bond motifs is 1. The third kappa shape index (κ3) is 3.37. The molecule has 4 nitrogen and oxygen atoms in total. The molecule has 1 aliphatic rings. The Hall–Kier alpha value is -1.26. The van der Waals surface area contributed by atoms with Crippen LogP contribution in [0.2, 0.25) is 0 Å². The second-order valence-corrected chi connectivity index (χ2v) is 4.53. The van der Waals surface area contributed by atoms with Gasteiger partial charge in [-0.15, -0.1) is 0 Å². The predicted molar refractivity (Wildman–Crippen MR) is 70.2 cm³/mol.